The third-order valence-corrected chi connectivity index (χ3v) is 5.08. The van der Waals surface area contributed by atoms with Gasteiger partial charge in [-0.15, -0.1) is 0 Å². The number of carbonyl (C=O) groups excluding carboxylic acids is 1. The molecule has 1 atom stereocenters. The van der Waals surface area contributed by atoms with Crippen molar-refractivity contribution in [2.45, 2.75) is 11.8 Å². The number of rotatable bonds is 5. The van der Waals surface area contributed by atoms with Crippen molar-refractivity contribution in [3.63, 3.8) is 0 Å². The fourth-order valence-electron chi connectivity index (χ4n) is 3.81. The second-order valence-electron chi connectivity index (χ2n) is 6.80. The van der Waals surface area contributed by atoms with Crippen LogP contribution >= 0.6 is 0 Å². The Kier molecular flexibility index (Phi) is 4.57. The highest BCUT2D eigenvalue weighted by Gasteiger charge is 2.33. The summed E-state index contributed by atoms with van der Waals surface area (Å²) in [6, 6.07) is 22.3. The van der Waals surface area contributed by atoms with Crippen molar-refractivity contribution in [2.24, 2.45) is 0 Å². The third kappa shape index (κ3) is 3.11. The first kappa shape index (κ1) is 17.8. The van der Waals surface area contributed by atoms with E-state index in [-0.39, 0.29) is 12.5 Å². The molecule has 5 heteroatoms. The lowest BCUT2D eigenvalue weighted by Gasteiger charge is -2.17. The van der Waals surface area contributed by atoms with Gasteiger partial charge < -0.3 is 15.6 Å². The van der Waals surface area contributed by atoms with Crippen LogP contribution in [-0.2, 0) is 14.3 Å². The number of benzene rings is 3. The summed E-state index contributed by atoms with van der Waals surface area (Å²) in [6.07, 6.45) is 0. The van der Waals surface area contributed by atoms with Gasteiger partial charge in [0.15, 0.2) is 5.92 Å². The molecule has 0 heterocycles. The van der Waals surface area contributed by atoms with E-state index >= 15 is 0 Å². The fraction of sp³-hybridized carbons (Fsp3) is 0.130. The number of hydrogen-bond donors (Lipinski definition) is 2. The summed E-state index contributed by atoms with van der Waals surface area (Å²) < 4.78 is 5.50. The molecule has 1 unspecified atom stereocenters. The minimum absolute atomic E-state index is 0.0823. The summed E-state index contributed by atoms with van der Waals surface area (Å²) in [5, 5.41) is 9.55. The molecule has 3 N–H and O–H groups in total. The van der Waals surface area contributed by atoms with Crippen molar-refractivity contribution < 1.29 is 19.4 Å². The maximum Gasteiger partial charge on any atom is 0.324 e. The maximum atomic E-state index is 12.6. The van der Waals surface area contributed by atoms with Crippen LogP contribution in [0.5, 0.6) is 0 Å². The number of carbonyl (C=O) groups is 2. The van der Waals surface area contributed by atoms with Gasteiger partial charge in [-0.05, 0) is 39.9 Å². The zero-order valence-corrected chi connectivity index (χ0v) is 15.0. The summed E-state index contributed by atoms with van der Waals surface area (Å²) in [5.41, 5.74) is 10.8. The normalized spacial score (nSPS) is 13.4. The van der Waals surface area contributed by atoms with Crippen LogP contribution in [0.2, 0.25) is 0 Å². The summed E-state index contributed by atoms with van der Waals surface area (Å²) in [7, 11) is 0. The van der Waals surface area contributed by atoms with E-state index in [9.17, 15) is 14.7 Å². The second kappa shape index (κ2) is 7.19. The number of aliphatic carboxylic acids is 1. The Labute approximate surface area is 162 Å². The highest BCUT2D eigenvalue weighted by atomic mass is 16.5. The first-order valence-electron chi connectivity index (χ1n) is 8.99. The lowest BCUT2D eigenvalue weighted by atomic mass is 9.97. The highest BCUT2D eigenvalue weighted by molar-refractivity contribution is 6.00. The average Bonchev–Trinajstić information content (AvgIpc) is 3.00. The SMILES string of the molecule is Nc1cccc(C(C(=O)O)C(=O)OCC2c3ccccc3-c3ccccc32)c1. The van der Waals surface area contributed by atoms with Crippen molar-refractivity contribution in [1.29, 1.82) is 0 Å². The zero-order chi connectivity index (χ0) is 19.7. The summed E-state index contributed by atoms with van der Waals surface area (Å²) in [5.74, 6) is -3.58. The molecule has 140 valence electrons. The van der Waals surface area contributed by atoms with E-state index in [4.69, 9.17) is 10.5 Å². The van der Waals surface area contributed by atoms with E-state index in [1.165, 1.54) is 6.07 Å². The highest BCUT2D eigenvalue weighted by Crippen LogP contribution is 2.44. The molecule has 28 heavy (non-hydrogen) atoms. The van der Waals surface area contributed by atoms with Gasteiger partial charge in [0.25, 0.3) is 0 Å². The Bertz CT molecular complexity index is 1010. The topological polar surface area (TPSA) is 89.6 Å². The summed E-state index contributed by atoms with van der Waals surface area (Å²) >= 11 is 0. The minimum Gasteiger partial charge on any atom is -0.480 e. The number of carboxylic acids is 1. The third-order valence-electron chi connectivity index (χ3n) is 5.08. The molecule has 3 aromatic carbocycles. The fourth-order valence-corrected chi connectivity index (χ4v) is 3.81. The minimum atomic E-state index is -1.41. The number of nitrogen functional groups attached to an aromatic ring is 1. The van der Waals surface area contributed by atoms with Gasteiger partial charge in [0, 0.05) is 11.6 Å². The largest absolute Gasteiger partial charge is 0.480 e. The Hall–Kier alpha value is -3.60. The van der Waals surface area contributed by atoms with E-state index in [1.807, 2.05) is 48.5 Å². The quantitative estimate of drug-likeness (QED) is 0.403. The molecule has 3 aromatic rings. The van der Waals surface area contributed by atoms with Crippen molar-refractivity contribution in [3.05, 3.63) is 89.5 Å². The smallest absolute Gasteiger partial charge is 0.324 e. The lowest BCUT2D eigenvalue weighted by molar-refractivity contribution is -0.154. The summed E-state index contributed by atoms with van der Waals surface area (Å²) in [6.45, 7) is 0.0823. The molecule has 0 bridgehead atoms. The van der Waals surface area contributed by atoms with E-state index < -0.39 is 17.9 Å². The van der Waals surface area contributed by atoms with Crippen LogP contribution in [0.3, 0.4) is 0 Å². The number of hydrogen-bond acceptors (Lipinski definition) is 4. The molecule has 0 saturated heterocycles. The Balaban J connectivity index is 1.58. The molecular weight excluding hydrogens is 354 g/mol. The molecular formula is C23H19NO4. The molecule has 4 rings (SSSR count). The van der Waals surface area contributed by atoms with Crippen LogP contribution in [0, 0.1) is 0 Å². The van der Waals surface area contributed by atoms with Crippen molar-refractivity contribution in [2.75, 3.05) is 12.3 Å². The first-order chi connectivity index (χ1) is 13.6. The van der Waals surface area contributed by atoms with Crippen LogP contribution in [0.4, 0.5) is 5.69 Å². The van der Waals surface area contributed by atoms with Gasteiger partial charge in [-0.25, -0.2) is 0 Å². The molecule has 0 radical (unpaired) electrons. The Morgan fingerprint density at radius 2 is 1.54 bits per heavy atom. The second-order valence-corrected chi connectivity index (χ2v) is 6.80. The van der Waals surface area contributed by atoms with Crippen LogP contribution < -0.4 is 5.73 Å². The maximum absolute atomic E-state index is 12.6. The number of ether oxygens (including phenoxy) is 1. The zero-order valence-electron chi connectivity index (χ0n) is 15.0. The van der Waals surface area contributed by atoms with Gasteiger partial charge in [0.05, 0.1) is 0 Å². The molecule has 0 aliphatic heterocycles. The number of carboxylic acid groups (broad SMARTS) is 1. The molecule has 0 aromatic heterocycles. The molecule has 0 spiro atoms. The first-order valence-corrected chi connectivity index (χ1v) is 8.99. The predicted octanol–water partition coefficient (Wildman–Crippen LogP) is 3.79. The van der Waals surface area contributed by atoms with Gasteiger partial charge in [0.1, 0.15) is 6.61 Å². The monoisotopic (exact) mass is 373 g/mol. The van der Waals surface area contributed by atoms with Crippen molar-refractivity contribution >= 4 is 17.6 Å². The number of anilines is 1. The van der Waals surface area contributed by atoms with Crippen LogP contribution in [0.25, 0.3) is 11.1 Å². The molecule has 1 aliphatic rings. The molecule has 0 saturated carbocycles. The van der Waals surface area contributed by atoms with Crippen LogP contribution in [0.1, 0.15) is 28.5 Å². The van der Waals surface area contributed by atoms with Crippen molar-refractivity contribution in [1.82, 2.24) is 0 Å². The standard InChI is InChI=1S/C23H19NO4/c24-15-7-5-6-14(12-15)21(22(25)26)23(27)28-13-20-18-10-3-1-8-16(18)17-9-2-4-11-19(17)20/h1-12,20-21H,13,24H2,(H,25,26). The van der Waals surface area contributed by atoms with Crippen LogP contribution in [-0.4, -0.2) is 23.7 Å². The number of esters is 1. The lowest BCUT2D eigenvalue weighted by Crippen LogP contribution is -2.25. The van der Waals surface area contributed by atoms with E-state index in [0.29, 0.717) is 11.3 Å². The molecule has 1 aliphatic carbocycles. The molecule has 5 nitrogen and oxygen atoms in total. The van der Waals surface area contributed by atoms with E-state index in [2.05, 4.69) is 0 Å². The van der Waals surface area contributed by atoms with Crippen molar-refractivity contribution in [3.8, 4) is 11.1 Å². The Morgan fingerprint density at radius 3 is 2.11 bits per heavy atom. The number of nitrogens with two attached hydrogens (primary N) is 1. The molecule has 0 amide bonds. The average molecular weight is 373 g/mol. The van der Waals surface area contributed by atoms with Gasteiger partial charge >= 0.3 is 11.9 Å². The van der Waals surface area contributed by atoms with Gasteiger partial charge in [-0.3, -0.25) is 9.59 Å². The predicted molar refractivity (Wildman–Crippen MR) is 106 cm³/mol. The summed E-state index contributed by atoms with van der Waals surface area (Å²) in [4.78, 5) is 24.3. The Morgan fingerprint density at radius 1 is 0.929 bits per heavy atom. The van der Waals surface area contributed by atoms with E-state index in [1.54, 1.807) is 18.2 Å². The van der Waals surface area contributed by atoms with Gasteiger partial charge in [-0.1, -0.05) is 60.7 Å². The molecule has 0 fully saturated rings. The van der Waals surface area contributed by atoms with Gasteiger partial charge in [-0.2, -0.15) is 0 Å². The van der Waals surface area contributed by atoms with Crippen LogP contribution in [0.15, 0.2) is 72.8 Å². The van der Waals surface area contributed by atoms with Gasteiger partial charge in [0.2, 0.25) is 0 Å². The van der Waals surface area contributed by atoms with E-state index in [0.717, 1.165) is 22.3 Å². The number of fused-ring (bicyclic) bond motifs is 3.